The minimum absolute atomic E-state index is 0.385. The topological polar surface area (TPSA) is 63.4 Å². The molecule has 1 aliphatic rings. The van der Waals surface area contributed by atoms with E-state index in [9.17, 15) is 8.42 Å². The van der Waals surface area contributed by atoms with E-state index in [0.717, 1.165) is 24.8 Å². The quantitative estimate of drug-likeness (QED) is 0.826. The van der Waals surface area contributed by atoms with Gasteiger partial charge in [0.2, 0.25) is 10.0 Å². The Labute approximate surface area is 115 Å². The molecular formula is C14H22N2O2S. The van der Waals surface area contributed by atoms with Gasteiger partial charge in [-0.25, -0.2) is 8.42 Å². The van der Waals surface area contributed by atoms with E-state index < -0.39 is 10.0 Å². The fraction of sp³-hybridized carbons (Fsp3) is 0.571. The van der Waals surface area contributed by atoms with Gasteiger partial charge < -0.3 is 5.73 Å². The standard InChI is InChI=1S/C14H22N2O2S/c1-2-16(11-13-3-4-13)19(17,18)14-7-5-12(6-8-14)9-10-15/h5-8,13H,2-4,9-11,15H2,1H3. The molecule has 0 unspecified atom stereocenters. The third-order valence-electron chi connectivity index (χ3n) is 3.51. The summed E-state index contributed by atoms with van der Waals surface area (Å²) in [4.78, 5) is 0.385. The SMILES string of the molecule is CCN(CC1CC1)S(=O)(=O)c1ccc(CCN)cc1. The Morgan fingerprint density at radius 1 is 1.26 bits per heavy atom. The summed E-state index contributed by atoms with van der Waals surface area (Å²) in [6.45, 7) is 3.66. The Morgan fingerprint density at radius 3 is 2.37 bits per heavy atom. The lowest BCUT2D eigenvalue weighted by molar-refractivity contribution is 0.412. The normalized spacial score (nSPS) is 15.9. The van der Waals surface area contributed by atoms with Crippen molar-refractivity contribution in [2.75, 3.05) is 19.6 Å². The van der Waals surface area contributed by atoms with Crippen LogP contribution in [-0.4, -0.2) is 32.4 Å². The highest BCUT2D eigenvalue weighted by Gasteiger charge is 2.30. The van der Waals surface area contributed by atoms with Crippen molar-refractivity contribution >= 4 is 10.0 Å². The molecule has 0 amide bonds. The van der Waals surface area contributed by atoms with Gasteiger partial charge in [-0.1, -0.05) is 19.1 Å². The molecule has 1 saturated carbocycles. The first-order valence-corrected chi connectivity index (χ1v) is 8.31. The van der Waals surface area contributed by atoms with Gasteiger partial charge in [-0.05, 0) is 49.4 Å². The van der Waals surface area contributed by atoms with Gasteiger partial charge in [0, 0.05) is 13.1 Å². The molecule has 0 spiro atoms. The summed E-state index contributed by atoms with van der Waals surface area (Å²) >= 11 is 0. The van der Waals surface area contributed by atoms with Crippen molar-refractivity contribution in [3.8, 4) is 0 Å². The van der Waals surface area contributed by atoms with Gasteiger partial charge in [0.25, 0.3) is 0 Å². The van der Waals surface area contributed by atoms with Crippen LogP contribution >= 0.6 is 0 Å². The second-order valence-electron chi connectivity index (χ2n) is 5.08. The molecule has 0 aliphatic heterocycles. The highest BCUT2D eigenvalue weighted by molar-refractivity contribution is 7.89. The average molecular weight is 282 g/mol. The summed E-state index contributed by atoms with van der Waals surface area (Å²) in [5, 5.41) is 0. The molecule has 0 saturated heterocycles. The molecule has 0 atom stereocenters. The molecule has 106 valence electrons. The maximum absolute atomic E-state index is 12.5. The van der Waals surface area contributed by atoms with Crippen LogP contribution in [0, 0.1) is 5.92 Å². The first kappa shape index (κ1) is 14.5. The van der Waals surface area contributed by atoms with E-state index in [1.807, 2.05) is 19.1 Å². The minimum atomic E-state index is -3.34. The monoisotopic (exact) mass is 282 g/mol. The summed E-state index contributed by atoms with van der Waals surface area (Å²) in [5.74, 6) is 0.561. The molecule has 0 radical (unpaired) electrons. The summed E-state index contributed by atoms with van der Waals surface area (Å²) in [6.07, 6.45) is 3.09. The van der Waals surface area contributed by atoms with Crippen LogP contribution in [0.15, 0.2) is 29.2 Å². The van der Waals surface area contributed by atoms with Crippen LogP contribution in [-0.2, 0) is 16.4 Å². The van der Waals surface area contributed by atoms with Gasteiger partial charge in [0.1, 0.15) is 0 Å². The zero-order chi connectivity index (χ0) is 13.9. The van der Waals surface area contributed by atoms with Crippen molar-refractivity contribution in [2.45, 2.75) is 31.1 Å². The van der Waals surface area contributed by atoms with Crippen LogP contribution in [0.1, 0.15) is 25.3 Å². The molecule has 2 N–H and O–H groups in total. The summed E-state index contributed by atoms with van der Waals surface area (Å²) in [7, 11) is -3.34. The second kappa shape index (κ2) is 6.03. The summed E-state index contributed by atoms with van der Waals surface area (Å²) in [6, 6.07) is 7.08. The predicted octanol–water partition coefficient (Wildman–Crippen LogP) is 1.61. The molecule has 2 rings (SSSR count). The number of nitrogens with two attached hydrogens (primary N) is 1. The minimum Gasteiger partial charge on any atom is -0.330 e. The Hall–Kier alpha value is -0.910. The first-order valence-electron chi connectivity index (χ1n) is 6.87. The number of rotatable bonds is 7. The molecule has 0 aromatic heterocycles. The van der Waals surface area contributed by atoms with Crippen molar-refractivity contribution in [1.29, 1.82) is 0 Å². The average Bonchev–Trinajstić information content (AvgIpc) is 3.21. The third-order valence-corrected chi connectivity index (χ3v) is 5.46. The number of benzene rings is 1. The van der Waals surface area contributed by atoms with E-state index in [2.05, 4.69) is 0 Å². The predicted molar refractivity (Wildman–Crippen MR) is 76.4 cm³/mol. The van der Waals surface area contributed by atoms with Crippen LogP contribution in [0.25, 0.3) is 0 Å². The molecule has 0 bridgehead atoms. The van der Waals surface area contributed by atoms with Crippen LogP contribution in [0.5, 0.6) is 0 Å². The van der Waals surface area contributed by atoms with Crippen molar-refractivity contribution in [3.63, 3.8) is 0 Å². The van der Waals surface area contributed by atoms with E-state index >= 15 is 0 Å². The first-order chi connectivity index (χ1) is 9.07. The zero-order valence-corrected chi connectivity index (χ0v) is 12.2. The fourth-order valence-corrected chi connectivity index (χ4v) is 3.65. The van der Waals surface area contributed by atoms with E-state index in [1.54, 1.807) is 16.4 Å². The molecular weight excluding hydrogens is 260 g/mol. The lowest BCUT2D eigenvalue weighted by Crippen LogP contribution is -2.32. The van der Waals surface area contributed by atoms with E-state index in [0.29, 0.717) is 30.4 Å². The summed E-state index contributed by atoms with van der Waals surface area (Å²) in [5.41, 5.74) is 6.57. The van der Waals surface area contributed by atoms with Crippen molar-refractivity contribution < 1.29 is 8.42 Å². The highest BCUT2D eigenvalue weighted by atomic mass is 32.2. The van der Waals surface area contributed by atoms with E-state index in [-0.39, 0.29) is 0 Å². The zero-order valence-electron chi connectivity index (χ0n) is 11.4. The smallest absolute Gasteiger partial charge is 0.243 e. The molecule has 19 heavy (non-hydrogen) atoms. The van der Waals surface area contributed by atoms with Crippen molar-refractivity contribution in [3.05, 3.63) is 29.8 Å². The van der Waals surface area contributed by atoms with Crippen LogP contribution < -0.4 is 5.73 Å². The molecule has 1 aliphatic carbocycles. The highest BCUT2D eigenvalue weighted by Crippen LogP contribution is 2.31. The Morgan fingerprint density at radius 2 is 1.89 bits per heavy atom. The van der Waals surface area contributed by atoms with Crippen LogP contribution in [0.4, 0.5) is 0 Å². The molecule has 1 aromatic rings. The van der Waals surface area contributed by atoms with Gasteiger partial charge in [-0.2, -0.15) is 4.31 Å². The van der Waals surface area contributed by atoms with E-state index in [4.69, 9.17) is 5.73 Å². The maximum Gasteiger partial charge on any atom is 0.243 e. The third kappa shape index (κ3) is 3.55. The molecule has 0 heterocycles. The number of hydrogen-bond donors (Lipinski definition) is 1. The van der Waals surface area contributed by atoms with Gasteiger partial charge >= 0.3 is 0 Å². The van der Waals surface area contributed by atoms with Gasteiger partial charge in [0.05, 0.1) is 4.90 Å². The maximum atomic E-state index is 12.5. The Bertz CT molecular complexity index is 507. The van der Waals surface area contributed by atoms with Gasteiger partial charge in [-0.15, -0.1) is 0 Å². The second-order valence-corrected chi connectivity index (χ2v) is 7.02. The van der Waals surface area contributed by atoms with Crippen molar-refractivity contribution in [2.24, 2.45) is 11.7 Å². The molecule has 1 fully saturated rings. The fourth-order valence-electron chi connectivity index (χ4n) is 2.13. The summed E-state index contributed by atoms with van der Waals surface area (Å²) < 4.78 is 26.6. The largest absolute Gasteiger partial charge is 0.330 e. The molecule has 5 heteroatoms. The number of hydrogen-bond acceptors (Lipinski definition) is 3. The van der Waals surface area contributed by atoms with Gasteiger partial charge in [0.15, 0.2) is 0 Å². The Kier molecular flexibility index (Phi) is 4.60. The van der Waals surface area contributed by atoms with E-state index in [1.165, 1.54) is 0 Å². The number of nitrogens with zero attached hydrogens (tertiary/aromatic N) is 1. The van der Waals surface area contributed by atoms with Crippen LogP contribution in [0.3, 0.4) is 0 Å². The lowest BCUT2D eigenvalue weighted by Gasteiger charge is -2.20. The lowest BCUT2D eigenvalue weighted by atomic mass is 10.2. The number of sulfonamides is 1. The van der Waals surface area contributed by atoms with Gasteiger partial charge in [-0.3, -0.25) is 0 Å². The van der Waals surface area contributed by atoms with Crippen LogP contribution in [0.2, 0.25) is 0 Å². The molecule has 1 aromatic carbocycles. The van der Waals surface area contributed by atoms with Crippen molar-refractivity contribution in [1.82, 2.24) is 4.31 Å². The Balaban J connectivity index is 2.16. The molecule has 4 nitrogen and oxygen atoms in total.